The molecule has 0 aliphatic heterocycles. The maximum Gasteiger partial charge on any atom is 0.213 e. The topological polar surface area (TPSA) is 58.2 Å². The number of hydrogen-bond acceptors (Lipinski definition) is 3. The first-order valence-electron chi connectivity index (χ1n) is 6.06. The van der Waals surface area contributed by atoms with Crippen LogP contribution in [-0.2, 0) is 16.6 Å². The Morgan fingerprint density at radius 2 is 1.95 bits per heavy atom. The average molecular weight is 292 g/mol. The Hall–Kier alpha value is -1.05. The van der Waals surface area contributed by atoms with Crippen molar-refractivity contribution >= 4 is 10.0 Å². The van der Waals surface area contributed by atoms with Crippen molar-refractivity contribution in [2.24, 2.45) is 0 Å². The van der Waals surface area contributed by atoms with E-state index in [4.69, 9.17) is 0 Å². The molecule has 0 saturated heterocycles. The molecular formula is C12H18F2N2O2S. The van der Waals surface area contributed by atoms with Crippen molar-refractivity contribution in [1.29, 1.82) is 0 Å². The smallest absolute Gasteiger partial charge is 0.213 e. The maximum absolute atomic E-state index is 13.3. The van der Waals surface area contributed by atoms with E-state index in [1.165, 1.54) is 6.07 Å². The summed E-state index contributed by atoms with van der Waals surface area (Å²) in [6.45, 7) is 2.90. The average Bonchev–Trinajstić information content (AvgIpc) is 2.34. The lowest BCUT2D eigenvalue weighted by Gasteiger charge is -2.08. The summed E-state index contributed by atoms with van der Waals surface area (Å²) in [5.74, 6) is -1.52. The van der Waals surface area contributed by atoms with Crippen LogP contribution in [-0.4, -0.2) is 27.3 Å². The predicted molar refractivity (Wildman–Crippen MR) is 70.1 cm³/mol. The second-order valence-electron chi connectivity index (χ2n) is 4.13. The molecule has 0 atom stereocenters. The highest BCUT2D eigenvalue weighted by molar-refractivity contribution is 7.89. The Morgan fingerprint density at radius 1 is 1.21 bits per heavy atom. The lowest BCUT2D eigenvalue weighted by atomic mass is 10.2. The fourth-order valence-electron chi connectivity index (χ4n) is 1.43. The van der Waals surface area contributed by atoms with Crippen LogP contribution in [0.25, 0.3) is 0 Å². The van der Waals surface area contributed by atoms with Gasteiger partial charge in [-0.2, -0.15) is 0 Å². The molecule has 4 nitrogen and oxygen atoms in total. The van der Waals surface area contributed by atoms with Gasteiger partial charge in [-0.15, -0.1) is 0 Å². The molecule has 108 valence electrons. The molecule has 0 bridgehead atoms. The molecule has 1 aromatic carbocycles. The lowest BCUT2D eigenvalue weighted by Crippen LogP contribution is -2.32. The summed E-state index contributed by atoms with van der Waals surface area (Å²) in [6, 6.07) is 3.05. The van der Waals surface area contributed by atoms with Gasteiger partial charge >= 0.3 is 0 Å². The van der Waals surface area contributed by atoms with Crippen LogP contribution in [0.4, 0.5) is 8.78 Å². The van der Waals surface area contributed by atoms with Crippen LogP contribution < -0.4 is 10.0 Å². The zero-order valence-electron chi connectivity index (χ0n) is 10.7. The number of nitrogens with one attached hydrogen (secondary N) is 2. The summed E-state index contributed by atoms with van der Waals surface area (Å²) in [7, 11) is -3.46. The number of sulfonamides is 1. The molecule has 0 aromatic heterocycles. The van der Waals surface area contributed by atoms with E-state index in [9.17, 15) is 17.2 Å². The molecule has 0 spiro atoms. The van der Waals surface area contributed by atoms with E-state index < -0.39 is 21.7 Å². The summed E-state index contributed by atoms with van der Waals surface area (Å²) in [5.41, 5.74) is 0.117. The zero-order valence-corrected chi connectivity index (χ0v) is 11.6. The molecule has 0 heterocycles. The maximum atomic E-state index is 13.3. The van der Waals surface area contributed by atoms with Crippen molar-refractivity contribution in [3.05, 3.63) is 35.4 Å². The highest BCUT2D eigenvalue weighted by Crippen LogP contribution is 2.09. The monoisotopic (exact) mass is 292 g/mol. The third kappa shape index (κ3) is 6.09. The van der Waals surface area contributed by atoms with Crippen LogP contribution in [0.5, 0.6) is 0 Å². The van der Waals surface area contributed by atoms with Gasteiger partial charge in [0.15, 0.2) is 0 Å². The van der Waals surface area contributed by atoms with Crippen molar-refractivity contribution in [1.82, 2.24) is 10.0 Å². The van der Waals surface area contributed by atoms with Crippen LogP contribution in [0.1, 0.15) is 18.9 Å². The van der Waals surface area contributed by atoms with Crippen molar-refractivity contribution < 1.29 is 17.2 Å². The van der Waals surface area contributed by atoms with Gasteiger partial charge < -0.3 is 5.32 Å². The minimum atomic E-state index is -3.46. The molecule has 0 fully saturated rings. The van der Waals surface area contributed by atoms with Gasteiger partial charge in [-0.1, -0.05) is 13.0 Å². The number of halogens is 2. The lowest BCUT2D eigenvalue weighted by molar-refractivity contribution is 0.560. The van der Waals surface area contributed by atoms with Gasteiger partial charge in [0.1, 0.15) is 11.6 Å². The summed E-state index contributed by atoms with van der Waals surface area (Å²) in [5, 5.41) is 2.97. The molecule has 0 aliphatic rings. The van der Waals surface area contributed by atoms with Gasteiger partial charge in [0.25, 0.3) is 0 Å². The molecule has 0 radical (unpaired) electrons. The summed E-state index contributed by atoms with van der Waals surface area (Å²) in [4.78, 5) is 0. The standard InChI is InChI=1S/C12H18F2N2O2S/c1-2-5-15-6-7-19(17,18)16-9-10-3-4-11(13)8-12(10)14/h3-4,8,15-16H,2,5-7,9H2,1H3. The zero-order chi connectivity index (χ0) is 14.3. The molecular weight excluding hydrogens is 274 g/mol. The van der Waals surface area contributed by atoms with Gasteiger partial charge in [-0.25, -0.2) is 21.9 Å². The minimum absolute atomic E-state index is 0.0736. The molecule has 0 aliphatic carbocycles. The van der Waals surface area contributed by atoms with Gasteiger partial charge in [0.2, 0.25) is 10.0 Å². The van der Waals surface area contributed by atoms with E-state index in [2.05, 4.69) is 10.0 Å². The molecule has 1 aromatic rings. The highest BCUT2D eigenvalue weighted by atomic mass is 32.2. The van der Waals surface area contributed by atoms with Crippen LogP contribution in [0.2, 0.25) is 0 Å². The van der Waals surface area contributed by atoms with E-state index >= 15 is 0 Å². The molecule has 2 N–H and O–H groups in total. The molecule has 0 unspecified atom stereocenters. The van der Waals surface area contributed by atoms with Crippen molar-refractivity contribution in [2.45, 2.75) is 19.9 Å². The first-order valence-corrected chi connectivity index (χ1v) is 7.72. The third-order valence-corrected chi connectivity index (χ3v) is 3.80. The van der Waals surface area contributed by atoms with Crippen LogP contribution >= 0.6 is 0 Å². The molecule has 0 saturated carbocycles. The largest absolute Gasteiger partial charge is 0.316 e. The normalized spacial score (nSPS) is 11.7. The molecule has 0 amide bonds. The first kappa shape index (κ1) is 16.0. The Morgan fingerprint density at radius 3 is 2.58 bits per heavy atom. The second kappa shape index (κ2) is 7.52. The fraction of sp³-hybridized carbons (Fsp3) is 0.500. The van der Waals surface area contributed by atoms with E-state index in [1.54, 1.807) is 0 Å². The summed E-state index contributed by atoms with van der Waals surface area (Å²) < 4.78 is 51.4. The summed E-state index contributed by atoms with van der Waals surface area (Å²) >= 11 is 0. The van der Waals surface area contributed by atoms with Crippen LogP contribution in [0, 0.1) is 11.6 Å². The van der Waals surface area contributed by atoms with E-state index in [1.807, 2.05) is 6.92 Å². The Kier molecular flexibility index (Phi) is 6.33. The highest BCUT2D eigenvalue weighted by Gasteiger charge is 2.11. The third-order valence-electron chi connectivity index (χ3n) is 2.47. The second-order valence-corrected chi connectivity index (χ2v) is 6.05. The van der Waals surface area contributed by atoms with Crippen molar-refractivity contribution in [2.75, 3.05) is 18.8 Å². The Balaban J connectivity index is 2.46. The minimum Gasteiger partial charge on any atom is -0.316 e. The molecule has 19 heavy (non-hydrogen) atoms. The van der Waals surface area contributed by atoms with Crippen molar-refractivity contribution in [3.8, 4) is 0 Å². The van der Waals surface area contributed by atoms with Gasteiger partial charge in [0, 0.05) is 24.7 Å². The van der Waals surface area contributed by atoms with Gasteiger partial charge in [0.05, 0.1) is 5.75 Å². The fourth-order valence-corrected chi connectivity index (χ4v) is 2.37. The quantitative estimate of drug-likeness (QED) is 0.712. The van der Waals surface area contributed by atoms with E-state index in [0.717, 1.165) is 25.1 Å². The van der Waals surface area contributed by atoms with E-state index in [0.29, 0.717) is 6.54 Å². The van der Waals surface area contributed by atoms with Crippen LogP contribution in [0.15, 0.2) is 18.2 Å². The SMILES string of the molecule is CCCNCCS(=O)(=O)NCc1ccc(F)cc1F. The summed E-state index contributed by atoms with van der Waals surface area (Å²) in [6.07, 6.45) is 0.925. The van der Waals surface area contributed by atoms with Crippen molar-refractivity contribution in [3.63, 3.8) is 0 Å². The van der Waals surface area contributed by atoms with Gasteiger partial charge in [-0.3, -0.25) is 0 Å². The number of rotatable bonds is 8. The number of hydrogen-bond donors (Lipinski definition) is 2. The van der Waals surface area contributed by atoms with Crippen LogP contribution in [0.3, 0.4) is 0 Å². The molecule has 7 heteroatoms. The Bertz CT molecular complexity index is 506. The van der Waals surface area contributed by atoms with Gasteiger partial charge in [-0.05, 0) is 19.0 Å². The first-order chi connectivity index (χ1) is 8.94. The Labute approximate surface area is 112 Å². The van der Waals surface area contributed by atoms with E-state index in [-0.39, 0.29) is 17.9 Å². The molecule has 1 rings (SSSR count). The predicted octanol–water partition coefficient (Wildman–Crippen LogP) is 1.38. The number of benzene rings is 1.